The van der Waals surface area contributed by atoms with Crippen molar-refractivity contribution in [1.29, 1.82) is 0 Å². The fourth-order valence-electron chi connectivity index (χ4n) is 1.45. The number of rotatable bonds is 2. The molecule has 2 aromatic rings. The summed E-state index contributed by atoms with van der Waals surface area (Å²) in [5.41, 5.74) is 3.72. The van der Waals surface area contributed by atoms with E-state index in [-0.39, 0.29) is 5.78 Å². The standard InChI is InChI=1S/C12H12N2OS/c1-7-4-5-10(6-8(7)2)11(15)12-9(3)13-14-16-12/h4-6H,1-3H3. The van der Waals surface area contributed by atoms with Crippen LogP contribution < -0.4 is 0 Å². The number of carbonyl (C=O) groups is 1. The van der Waals surface area contributed by atoms with Crippen LogP contribution in [0.4, 0.5) is 0 Å². The SMILES string of the molecule is Cc1ccc(C(=O)c2snnc2C)cc1C. The van der Waals surface area contributed by atoms with Crippen molar-refractivity contribution in [3.05, 3.63) is 45.5 Å². The zero-order valence-corrected chi connectivity index (χ0v) is 10.3. The summed E-state index contributed by atoms with van der Waals surface area (Å²) in [7, 11) is 0. The molecule has 0 amide bonds. The van der Waals surface area contributed by atoms with Crippen LogP contribution in [0.3, 0.4) is 0 Å². The van der Waals surface area contributed by atoms with E-state index in [4.69, 9.17) is 0 Å². The van der Waals surface area contributed by atoms with Crippen LogP contribution in [0.1, 0.15) is 32.1 Å². The van der Waals surface area contributed by atoms with E-state index in [1.807, 2.05) is 32.0 Å². The van der Waals surface area contributed by atoms with Gasteiger partial charge in [0.15, 0.2) is 0 Å². The minimum atomic E-state index is 0.00981. The third-order valence-corrected chi connectivity index (χ3v) is 3.45. The number of ketones is 1. The van der Waals surface area contributed by atoms with Crippen LogP contribution in [0.5, 0.6) is 0 Å². The predicted octanol–water partition coefficient (Wildman–Crippen LogP) is 2.69. The number of aromatic nitrogens is 2. The van der Waals surface area contributed by atoms with Gasteiger partial charge in [-0.1, -0.05) is 16.6 Å². The van der Waals surface area contributed by atoms with Crippen molar-refractivity contribution in [3.63, 3.8) is 0 Å². The number of nitrogens with zero attached hydrogens (tertiary/aromatic N) is 2. The Hall–Kier alpha value is -1.55. The molecule has 0 aliphatic carbocycles. The summed E-state index contributed by atoms with van der Waals surface area (Å²) in [4.78, 5) is 12.8. The van der Waals surface area contributed by atoms with Crippen LogP contribution in [0.2, 0.25) is 0 Å². The fraction of sp³-hybridized carbons (Fsp3) is 0.250. The molecule has 16 heavy (non-hydrogen) atoms. The van der Waals surface area contributed by atoms with Gasteiger partial charge in [0, 0.05) is 5.56 Å². The van der Waals surface area contributed by atoms with E-state index in [1.54, 1.807) is 6.92 Å². The molecule has 0 aliphatic heterocycles. The summed E-state index contributed by atoms with van der Waals surface area (Å²) >= 11 is 1.15. The summed E-state index contributed by atoms with van der Waals surface area (Å²) < 4.78 is 3.78. The Labute approximate surface area is 98.3 Å². The molecule has 0 aliphatic rings. The van der Waals surface area contributed by atoms with Crippen LogP contribution in [0, 0.1) is 20.8 Å². The summed E-state index contributed by atoms with van der Waals surface area (Å²) in [5.74, 6) is 0.00981. The highest BCUT2D eigenvalue weighted by molar-refractivity contribution is 7.08. The predicted molar refractivity (Wildman–Crippen MR) is 64.0 cm³/mol. The lowest BCUT2D eigenvalue weighted by Gasteiger charge is -2.03. The topological polar surface area (TPSA) is 42.9 Å². The van der Waals surface area contributed by atoms with E-state index < -0.39 is 0 Å². The molecule has 82 valence electrons. The summed E-state index contributed by atoms with van der Waals surface area (Å²) in [5, 5.41) is 3.85. The first-order valence-corrected chi connectivity index (χ1v) is 5.78. The van der Waals surface area contributed by atoms with E-state index in [9.17, 15) is 4.79 Å². The number of hydrogen-bond acceptors (Lipinski definition) is 4. The highest BCUT2D eigenvalue weighted by Gasteiger charge is 2.15. The van der Waals surface area contributed by atoms with Gasteiger partial charge in [-0.3, -0.25) is 4.79 Å². The Morgan fingerprint density at radius 1 is 1.19 bits per heavy atom. The average molecular weight is 232 g/mol. The van der Waals surface area contributed by atoms with Gasteiger partial charge in [-0.25, -0.2) is 0 Å². The Kier molecular flexibility index (Phi) is 2.83. The maximum Gasteiger partial charge on any atom is 0.206 e. The first-order chi connectivity index (χ1) is 7.59. The summed E-state index contributed by atoms with van der Waals surface area (Å²) in [6, 6.07) is 5.73. The molecule has 1 heterocycles. The monoisotopic (exact) mass is 232 g/mol. The summed E-state index contributed by atoms with van der Waals surface area (Å²) in [6.45, 7) is 5.84. The lowest BCUT2D eigenvalue weighted by molar-refractivity contribution is 0.104. The normalized spacial score (nSPS) is 10.4. The van der Waals surface area contributed by atoms with Gasteiger partial charge in [-0.15, -0.1) is 5.10 Å². The van der Waals surface area contributed by atoms with E-state index >= 15 is 0 Å². The smallest absolute Gasteiger partial charge is 0.206 e. The van der Waals surface area contributed by atoms with Crippen molar-refractivity contribution in [1.82, 2.24) is 9.59 Å². The lowest BCUT2D eigenvalue weighted by atomic mass is 10.0. The minimum absolute atomic E-state index is 0.00981. The minimum Gasteiger partial charge on any atom is -0.288 e. The van der Waals surface area contributed by atoms with Gasteiger partial charge in [0.25, 0.3) is 0 Å². The van der Waals surface area contributed by atoms with Crippen LogP contribution >= 0.6 is 11.5 Å². The number of benzene rings is 1. The Balaban J connectivity index is 2.42. The van der Waals surface area contributed by atoms with Gasteiger partial charge in [0.2, 0.25) is 5.78 Å². The maximum atomic E-state index is 12.1. The molecule has 0 spiro atoms. The first-order valence-electron chi connectivity index (χ1n) is 5.00. The van der Waals surface area contributed by atoms with Crippen molar-refractivity contribution in [2.75, 3.05) is 0 Å². The van der Waals surface area contributed by atoms with Crippen molar-refractivity contribution in [3.8, 4) is 0 Å². The Morgan fingerprint density at radius 2 is 1.94 bits per heavy atom. The van der Waals surface area contributed by atoms with Crippen molar-refractivity contribution >= 4 is 17.3 Å². The molecule has 2 rings (SSSR count). The summed E-state index contributed by atoms with van der Waals surface area (Å²) in [6.07, 6.45) is 0. The zero-order chi connectivity index (χ0) is 11.7. The molecule has 0 unspecified atom stereocenters. The molecular formula is C12H12N2OS. The van der Waals surface area contributed by atoms with Crippen molar-refractivity contribution < 1.29 is 4.79 Å². The highest BCUT2D eigenvalue weighted by Crippen LogP contribution is 2.17. The van der Waals surface area contributed by atoms with Gasteiger partial charge in [-0.2, -0.15) is 0 Å². The molecule has 1 aromatic carbocycles. The molecular weight excluding hydrogens is 220 g/mol. The Bertz CT molecular complexity index is 546. The molecule has 1 aromatic heterocycles. The molecule has 0 saturated carbocycles. The largest absolute Gasteiger partial charge is 0.288 e. The highest BCUT2D eigenvalue weighted by atomic mass is 32.1. The van der Waals surface area contributed by atoms with Crippen LogP contribution in [0.15, 0.2) is 18.2 Å². The molecule has 0 bridgehead atoms. The molecule has 0 fully saturated rings. The Morgan fingerprint density at radius 3 is 2.50 bits per heavy atom. The van der Waals surface area contributed by atoms with Crippen molar-refractivity contribution in [2.45, 2.75) is 20.8 Å². The van der Waals surface area contributed by atoms with Gasteiger partial charge in [-0.05, 0) is 49.5 Å². The number of carbonyl (C=O) groups excluding carboxylic acids is 1. The average Bonchev–Trinajstić information content (AvgIpc) is 2.67. The van der Waals surface area contributed by atoms with Crippen LogP contribution in [0.25, 0.3) is 0 Å². The maximum absolute atomic E-state index is 12.1. The molecule has 4 heteroatoms. The fourth-order valence-corrected chi connectivity index (χ4v) is 2.07. The van der Waals surface area contributed by atoms with E-state index in [2.05, 4.69) is 9.59 Å². The van der Waals surface area contributed by atoms with Crippen LogP contribution in [-0.4, -0.2) is 15.4 Å². The van der Waals surface area contributed by atoms with E-state index in [1.165, 1.54) is 5.56 Å². The third kappa shape index (κ3) is 1.88. The second-order valence-electron chi connectivity index (χ2n) is 3.82. The molecule has 0 atom stereocenters. The quantitative estimate of drug-likeness (QED) is 0.748. The molecule has 0 radical (unpaired) electrons. The number of hydrogen-bond donors (Lipinski definition) is 0. The zero-order valence-electron chi connectivity index (χ0n) is 9.44. The van der Waals surface area contributed by atoms with Gasteiger partial charge in [0.1, 0.15) is 4.88 Å². The first kappa shape index (κ1) is 11.0. The second-order valence-corrected chi connectivity index (χ2v) is 4.57. The second kappa shape index (κ2) is 4.14. The van der Waals surface area contributed by atoms with E-state index in [0.717, 1.165) is 17.1 Å². The van der Waals surface area contributed by atoms with E-state index in [0.29, 0.717) is 16.1 Å². The lowest BCUT2D eigenvalue weighted by Crippen LogP contribution is -2.01. The number of aryl methyl sites for hydroxylation is 3. The molecule has 0 N–H and O–H groups in total. The third-order valence-electron chi connectivity index (χ3n) is 2.63. The van der Waals surface area contributed by atoms with Crippen molar-refractivity contribution in [2.24, 2.45) is 0 Å². The van der Waals surface area contributed by atoms with Crippen LogP contribution in [-0.2, 0) is 0 Å². The van der Waals surface area contributed by atoms with Gasteiger partial charge < -0.3 is 0 Å². The van der Waals surface area contributed by atoms with Gasteiger partial charge >= 0.3 is 0 Å². The molecule has 3 nitrogen and oxygen atoms in total. The van der Waals surface area contributed by atoms with Gasteiger partial charge in [0.05, 0.1) is 5.69 Å². The molecule has 0 saturated heterocycles.